The van der Waals surface area contributed by atoms with Gasteiger partial charge in [0.25, 0.3) is 0 Å². The monoisotopic (exact) mass is 1050 g/mol. The van der Waals surface area contributed by atoms with Crippen LogP contribution in [0, 0.1) is 86.8 Å². The van der Waals surface area contributed by atoms with Crippen LogP contribution >= 0.6 is 0 Å². The molecular formula is C62H108N4O9. The maximum atomic E-state index is 13.6. The van der Waals surface area contributed by atoms with E-state index in [-0.39, 0.29) is 105 Å². The fraction of sp³-hybridized carbons (Fsp3) is 0.952. The molecule has 0 saturated heterocycles. The molecule has 8 aliphatic rings. The van der Waals surface area contributed by atoms with E-state index in [2.05, 4.69) is 45.3 Å². The molecule has 3 amide bonds. The van der Waals surface area contributed by atoms with Crippen LogP contribution in [0.25, 0.3) is 0 Å². The fourth-order valence-electron chi connectivity index (χ4n) is 19.8. The lowest BCUT2D eigenvalue weighted by molar-refractivity contribution is -0.207. The number of nitrogens with one attached hydrogen (secondary N) is 2. The van der Waals surface area contributed by atoms with Crippen molar-refractivity contribution in [2.45, 2.75) is 251 Å². The first-order valence-corrected chi connectivity index (χ1v) is 31.4. The van der Waals surface area contributed by atoms with Gasteiger partial charge in [-0.25, -0.2) is 0 Å². The number of fused-ring (bicyclic) bond motifs is 10. The third-order valence-electron chi connectivity index (χ3n) is 24.3. The molecule has 20 unspecified atom stereocenters. The smallest absolute Gasteiger partial charge is 0.222 e. The molecule has 430 valence electrons. The van der Waals surface area contributed by atoms with Crippen molar-refractivity contribution in [1.29, 1.82) is 0 Å². The van der Waals surface area contributed by atoms with Crippen LogP contribution in [0.1, 0.15) is 214 Å². The minimum absolute atomic E-state index is 0.0260. The highest BCUT2D eigenvalue weighted by Gasteiger charge is 2.67. The van der Waals surface area contributed by atoms with Crippen LogP contribution < -0.4 is 16.4 Å². The first-order valence-electron chi connectivity index (χ1n) is 31.4. The summed E-state index contributed by atoms with van der Waals surface area (Å²) in [7, 11) is 0. The van der Waals surface area contributed by atoms with Gasteiger partial charge >= 0.3 is 0 Å². The highest BCUT2D eigenvalue weighted by molar-refractivity contribution is 5.77. The number of aliphatic hydroxyl groups excluding tert-OH is 6. The van der Waals surface area contributed by atoms with Crippen LogP contribution in [0.2, 0.25) is 0 Å². The van der Waals surface area contributed by atoms with Gasteiger partial charge in [0.1, 0.15) is 0 Å². The number of carbonyl (C=O) groups excluding carboxylic acids is 3. The molecule has 21 atom stereocenters. The van der Waals surface area contributed by atoms with Gasteiger partial charge in [-0.15, -0.1) is 0 Å². The van der Waals surface area contributed by atoms with Crippen molar-refractivity contribution in [3.8, 4) is 0 Å². The number of hydrogen-bond donors (Lipinski definition) is 9. The Balaban J connectivity index is 0.740. The molecule has 13 nitrogen and oxygen atoms in total. The molecule has 8 fully saturated rings. The average Bonchev–Trinajstić information content (AvgIpc) is 3.91. The molecule has 0 radical (unpaired) electrons. The summed E-state index contributed by atoms with van der Waals surface area (Å²) in [4.78, 5) is 42.0. The van der Waals surface area contributed by atoms with E-state index in [1.807, 2.05) is 4.90 Å². The summed E-state index contributed by atoms with van der Waals surface area (Å²) in [6, 6.07) is 0. The van der Waals surface area contributed by atoms with Crippen molar-refractivity contribution in [3.05, 3.63) is 0 Å². The van der Waals surface area contributed by atoms with E-state index in [1.165, 1.54) is 0 Å². The quantitative estimate of drug-likeness (QED) is 0.0423. The minimum atomic E-state index is -0.443. The SMILES string of the molecule is C[C@H](CCC(=O)NCCCN(CCCCNC(=O)CCCC1CCC2C3C(O)CC4CC(O)CCC4(C)C3CC(O)C12C)C(=O)CCCCCCCN)C1CCC2C3C(O)CC4CC(O)CCC4(C)C3CC(O)C21C. The molecule has 75 heavy (non-hydrogen) atoms. The molecule has 0 aromatic carbocycles. The summed E-state index contributed by atoms with van der Waals surface area (Å²) in [5.74, 6) is 3.13. The molecule has 8 aliphatic carbocycles. The van der Waals surface area contributed by atoms with Gasteiger partial charge in [0, 0.05) is 45.4 Å². The Kier molecular flexibility index (Phi) is 20.0. The Morgan fingerprint density at radius 3 is 1.72 bits per heavy atom. The molecule has 13 heteroatoms. The summed E-state index contributed by atoms with van der Waals surface area (Å²) >= 11 is 0. The second kappa shape index (κ2) is 25.3. The van der Waals surface area contributed by atoms with Crippen LogP contribution in [-0.2, 0) is 14.4 Å². The third kappa shape index (κ3) is 12.3. The highest BCUT2D eigenvalue weighted by atomic mass is 16.3. The summed E-state index contributed by atoms with van der Waals surface area (Å²) < 4.78 is 0. The number of carbonyl (C=O) groups is 3. The normalized spacial score (nSPS) is 43.3. The van der Waals surface area contributed by atoms with Gasteiger partial charge in [-0.1, -0.05) is 53.9 Å². The fourth-order valence-corrected chi connectivity index (χ4v) is 19.8. The number of nitrogens with two attached hydrogens (primary N) is 1. The van der Waals surface area contributed by atoms with Crippen molar-refractivity contribution in [3.63, 3.8) is 0 Å². The van der Waals surface area contributed by atoms with E-state index in [9.17, 15) is 45.0 Å². The number of hydrogen-bond acceptors (Lipinski definition) is 10. The van der Waals surface area contributed by atoms with Crippen LogP contribution in [0.3, 0.4) is 0 Å². The summed E-state index contributed by atoms with van der Waals surface area (Å²) in [5.41, 5.74) is 5.24. The number of aliphatic hydroxyl groups is 6. The van der Waals surface area contributed by atoms with Crippen LogP contribution in [0.5, 0.6) is 0 Å². The van der Waals surface area contributed by atoms with Crippen molar-refractivity contribution >= 4 is 17.7 Å². The second-order valence-corrected chi connectivity index (χ2v) is 28.0. The summed E-state index contributed by atoms with van der Waals surface area (Å²) in [5, 5.41) is 74.5. The molecule has 0 aliphatic heterocycles. The molecule has 0 aromatic rings. The topological polar surface area (TPSA) is 226 Å². The van der Waals surface area contributed by atoms with Crippen LogP contribution in [0.4, 0.5) is 0 Å². The van der Waals surface area contributed by atoms with Crippen molar-refractivity contribution in [2.75, 3.05) is 32.7 Å². The lowest BCUT2D eigenvalue weighted by Crippen LogP contribution is -2.62. The van der Waals surface area contributed by atoms with Crippen molar-refractivity contribution in [1.82, 2.24) is 15.5 Å². The molecule has 0 aromatic heterocycles. The molecule has 0 bridgehead atoms. The summed E-state index contributed by atoms with van der Waals surface area (Å²) in [6.07, 6.45) is 20.9. The van der Waals surface area contributed by atoms with Crippen LogP contribution in [-0.4, -0.2) is 123 Å². The zero-order chi connectivity index (χ0) is 53.9. The molecule has 8 rings (SSSR count). The molecule has 0 spiro atoms. The molecule has 10 N–H and O–H groups in total. The Hall–Kier alpha value is -1.87. The molecule has 0 heterocycles. The molecular weight excluding hydrogens is 945 g/mol. The summed E-state index contributed by atoms with van der Waals surface area (Å²) in [6.45, 7) is 14.5. The predicted octanol–water partition coefficient (Wildman–Crippen LogP) is 8.03. The second-order valence-electron chi connectivity index (χ2n) is 28.0. The van der Waals surface area contributed by atoms with Crippen molar-refractivity contribution < 1.29 is 45.0 Å². The zero-order valence-corrected chi connectivity index (χ0v) is 47.6. The Bertz CT molecular complexity index is 1890. The van der Waals surface area contributed by atoms with Crippen LogP contribution in [0.15, 0.2) is 0 Å². The van der Waals surface area contributed by atoms with E-state index in [1.54, 1.807) is 0 Å². The Morgan fingerprint density at radius 1 is 0.560 bits per heavy atom. The molecule has 8 saturated carbocycles. The number of unbranched alkanes of at least 4 members (excludes halogenated alkanes) is 5. The van der Waals surface area contributed by atoms with E-state index in [0.29, 0.717) is 82.6 Å². The number of rotatable bonds is 24. The largest absolute Gasteiger partial charge is 0.393 e. The number of nitrogens with zero attached hydrogens (tertiary/aromatic N) is 1. The van der Waals surface area contributed by atoms with Gasteiger partial charge in [0.15, 0.2) is 0 Å². The lowest BCUT2D eigenvalue weighted by Gasteiger charge is -2.63. The van der Waals surface area contributed by atoms with E-state index < -0.39 is 18.3 Å². The van der Waals surface area contributed by atoms with E-state index >= 15 is 0 Å². The minimum Gasteiger partial charge on any atom is -0.393 e. The zero-order valence-electron chi connectivity index (χ0n) is 47.6. The Labute approximate surface area is 452 Å². The van der Waals surface area contributed by atoms with Gasteiger partial charge in [0.05, 0.1) is 36.6 Å². The van der Waals surface area contributed by atoms with Gasteiger partial charge in [-0.3, -0.25) is 14.4 Å². The Morgan fingerprint density at radius 2 is 1.09 bits per heavy atom. The first-order chi connectivity index (χ1) is 35.8. The maximum absolute atomic E-state index is 13.6. The van der Waals surface area contributed by atoms with Gasteiger partial charge in [-0.2, -0.15) is 0 Å². The van der Waals surface area contributed by atoms with E-state index in [4.69, 9.17) is 5.73 Å². The average molecular weight is 1050 g/mol. The van der Waals surface area contributed by atoms with E-state index in [0.717, 1.165) is 148 Å². The standard InChI is InChI=1S/C62H108N4O9/c1-39(45-21-22-47-58-49(38-53(72)62(45,47)5)60(3)27-25-44(68)34-42(60)36-51(58)70)18-23-55(74)65-30-14-32-66(56(75)17-9-7-6-8-10-28-63)31-12-11-29-64-54(73)16-13-15-40-19-20-46-57-48(37-52(71)61(40,46)4)59(2)26-24-43(67)33-41(59)35-50(57)69/h39-53,57-58,67-72H,6-38,63H2,1-5H3,(H,64,73)(H,65,74)/t39-,40?,41?,42?,43?,44?,45?,46?,47?,48?,49?,50?,51?,52?,53?,57?,58?,59?,60?,61?,62?/m1/s1. The maximum Gasteiger partial charge on any atom is 0.222 e. The highest BCUT2D eigenvalue weighted by Crippen LogP contribution is 2.70. The van der Waals surface area contributed by atoms with Gasteiger partial charge < -0.3 is 51.9 Å². The van der Waals surface area contributed by atoms with Gasteiger partial charge in [0.2, 0.25) is 17.7 Å². The lowest BCUT2D eigenvalue weighted by atomic mass is 9.43. The third-order valence-corrected chi connectivity index (χ3v) is 24.3. The predicted molar refractivity (Wildman–Crippen MR) is 293 cm³/mol. The number of amides is 3. The van der Waals surface area contributed by atoms with Gasteiger partial charge in [-0.05, 0) is 235 Å². The first kappa shape index (κ1) is 59.3. The van der Waals surface area contributed by atoms with Crippen molar-refractivity contribution in [2.24, 2.45) is 92.5 Å².